The van der Waals surface area contributed by atoms with Crippen LogP contribution < -0.4 is 0 Å². The number of rotatable bonds is 2. The Morgan fingerprint density at radius 3 is 2.91 bits per heavy atom. The average Bonchev–Trinajstić information content (AvgIpc) is 1.93. The summed E-state index contributed by atoms with van der Waals surface area (Å²) in [7, 11) is 0. The Morgan fingerprint density at radius 1 is 1.64 bits per heavy atom. The first-order chi connectivity index (χ1) is 5.20. The zero-order valence-corrected chi connectivity index (χ0v) is 7.17. The van der Waals surface area contributed by atoms with Crippen LogP contribution in [-0.2, 0) is 4.74 Å². The standard InChI is InChI=1S/C8H15NO2/c1-7(2)6-9-4-3-5-11-8(9)10/h7H,3-6H2,1-2H3. The molecule has 0 N–H and O–H groups in total. The second-order valence-corrected chi connectivity index (χ2v) is 3.31. The van der Waals surface area contributed by atoms with Crippen molar-refractivity contribution < 1.29 is 9.53 Å². The summed E-state index contributed by atoms with van der Waals surface area (Å²) in [5.74, 6) is 0.528. The van der Waals surface area contributed by atoms with E-state index in [0.29, 0.717) is 12.5 Å². The van der Waals surface area contributed by atoms with Crippen LogP contribution in [0, 0.1) is 5.92 Å². The largest absolute Gasteiger partial charge is 0.449 e. The van der Waals surface area contributed by atoms with Gasteiger partial charge in [0.15, 0.2) is 0 Å². The quantitative estimate of drug-likeness (QED) is 0.607. The van der Waals surface area contributed by atoms with Gasteiger partial charge in [-0.2, -0.15) is 0 Å². The van der Waals surface area contributed by atoms with Crippen molar-refractivity contribution in [1.29, 1.82) is 0 Å². The molecule has 3 nitrogen and oxygen atoms in total. The fraction of sp³-hybridized carbons (Fsp3) is 0.875. The normalized spacial score (nSPS) is 18.8. The molecular formula is C8H15NO2. The molecule has 1 saturated heterocycles. The van der Waals surface area contributed by atoms with Gasteiger partial charge < -0.3 is 9.64 Å². The van der Waals surface area contributed by atoms with Crippen molar-refractivity contribution in [1.82, 2.24) is 4.90 Å². The number of hydrogen-bond donors (Lipinski definition) is 0. The van der Waals surface area contributed by atoms with Crippen molar-refractivity contribution in [3.8, 4) is 0 Å². The van der Waals surface area contributed by atoms with E-state index in [2.05, 4.69) is 13.8 Å². The van der Waals surface area contributed by atoms with Crippen LogP contribution in [0.1, 0.15) is 20.3 Å². The second kappa shape index (κ2) is 3.60. The number of ether oxygens (including phenoxy) is 1. The van der Waals surface area contributed by atoms with Crippen LogP contribution in [0.3, 0.4) is 0 Å². The highest BCUT2D eigenvalue weighted by atomic mass is 16.6. The second-order valence-electron chi connectivity index (χ2n) is 3.31. The maximum absolute atomic E-state index is 11.0. The van der Waals surface area contributed by atoms with E-state index in [9.17, 15) is 4.79 Å². The highest BCUT2D eigenvalue weighted by Gasteiger charge is 2.19. The van der Waals surface area contributed by atoms with Gasteiger partial charge in [0.1, 0.15) is 0 Å². The van der Waals surface area contributed by atoms with Crippen LogP contribution in [-0.4, -0.2) is 30.7 Å². The number of nitrogens with zero attached hydrogens (tertiary/aromatic N) is 1. The van der Waals surface area contributed by atoms with Crippen LogP contribution in [0.2, 0.25) is 0 Å². The molecule has 1 rings (SSSR count). The Kier molecular flexibility index (Phi) is 2.74. The summed E-state index contributed by atoms with van der Waals surface area (Å²) in [6.07, 6.45) is 0.823. The molecule has 1 amide bonds. The maximum atomic E-state index is 11.0. The Labute approximate surface area is 67.3 Å². The molecule has 64 valence electrons. The Hall–Kier alpha value is -0.730. The van der Waals surface area contributed by atoms with Crippen molar-refractivity contribution in [2.45, 2.75) is 20.3 Å². The number of hydrogen-bond acceptors (Lipinski definition) is 2. The molecule has 1 aliphatic rings. The molecule has 0 aromatic heterocycles. The van der Waals surface area contributed by atoms with Crippen molar-refractivity contribution in [3.63, 3.8) is 0 Å². The van der Waals surface area contributed by atoms with Gasteiger partial charge in [-0.3, -0.25) is 0 Å². The number of cyclic esters (lactones) is 1. The molecule has 0 unspecified atom stereocenters. The number of carbonyl (C=O) groups excluding carboxylic acids is 1. The monoisotopic (exact) mass is 157 g/mol. The van der Waals surface area contributed by atoms with E-state index in [1.807, 2.05) is 0 Å². The van der Waals surface area contributed by atoms with Gasteiger partial charge in [-0.1, -0.05) is 13.8 Å². The van der Waals surface area contributed by atoms with E-state index in [4.69, 9.17) is 4.74 Å². The summed E-state index contributed by atoms with van der Waals surface area (Å²) in [4.78, 5) is 12.8. The first kappa shape index (κ1) is 8.37. The molecule has 11 heavy (non-hydrogen) atoms. The van der Waals surface area contributed by atoms with E-state index >= 15 is 0 Å². The summed E-state index contributed by atoms with van der Waals surface area (Å²) in [5, 5.41) is 0. The molecular weight excluding hydrogens is 142 g/mol. The SMILES string of the molecule is CC(C)CN1CCCOC1=O. The molecule has 0 aromatic carbocycles. The molecule has 3 heteroatoms. The third-order valence-corrected chi connectivity index (χ3v) is 1.64. The minimum absolute atomic E-state index is 0.148. The number of carbonyl (C=O) groups is 1. The van der Waals surface area contributed by atoms with Gasteiger partial charge in [0.2, 0.25) is 0 Å². The molecule has 1 aliphatic heterocycles. The Bertz CT molecular complexity index is 145. The average molecular weight is 157 g/mol. The highest BCUT2D eigenvalue weighted by Crippen LogP contribution is 2.07. The molecule has 0 radical (unpaired) electrons. The molecule has 0 atom stereocenters. The lowest BCUT2D eigenvalue weighted by atomic mass is 10.2. The summed E-state index contributed by atoms with van der Waals surface area (Å²) in [5.41, 5.74) is 0. The summed E-state index contributed by atoms with van der Waals surface area (Å²) < 4.78 is 4.88. The summed E-state index contributed by atoms with van der Waals surface area (Å²) >= 11 is 0. The molecule has 1 fully saturated rings. The van der Waals surface area contributed by atoms with Crippen LogP contribution >= 0.6 is 0 Å². The van der Waals surface area contributed by atoms with Gasteiger partial charge in [-0.25, -0.2) is 4.79 Å². The van der Waals surface area contributed by atoms with Crippen LogP contribution in [0.15, 0.2) is 0 Å². The zero-order chi connectivity index (χ0) is 8.27. The summed E-state index contributed by atoms with van der Waals surface area (Å²) in [6, 6.07) is 0. The van der Waals surface area contributed by atoms with Crippen molar-refractivity contribution in [3.05, 3.63) is 0 Å². The molecule has 0 aliphatic carbocycles. The van der Waals surface area contributed by atoms with Gasteiger partial charge >= 0.3 is 6.09 Å². The van der Waals surface area contributed by atoms with Crippen LogP contribution in [0.4, 0.5) is 4.79 Å². The van der Waals surface area contributed by atoms with Gasteiger partial charge in [-0.05, 0) is 12.3 Å². The first-order valence-electron chi connectivity index (χ1n) is 4.12. The number of amides is 1. The fourth-order valence-electron chi connectivity index (χ4n) is 1.20. The topological polar surface area (TPSA) is 29.5 Å². The molecule has 0 aromatic rings. The fourth-order valence-corrected chi connectivity index (χ4v) is 1.20. The minimum atomic E-state index is -0.148. The predicted molar refractivity (Wildman–Crippen MR) is 42.4 cm³/mol. The lowest BCUT2D eigenvalue weighted by Gasteiger charge is -2.27. The molecule has 1 heterocycles. The Balaban J connectivity index is 2.36. The van der Waals surface area contributed by atoms with E-state index in [1.54, 1.807) is 4.90 Å². The predicted octanol–water partition coefficient (Wildman–Crippen LogP) is 1.48. The minimum Gasteiger partial charge on any atom is -0.449 e. The lowest BCUT2D eigenvalue weighted by Crippen LogP contribution is -2.39. The van der Waals surface area contributed by atoms with Gasteiger partial charge in [0.25, 0.3) is 0 Å². The van der Waals surface area contributed by atoms with Gasteiger partial charge in [0.05, 0.1) is 6.61 Å². The smallest absolute Gasteiger partial charge is 0.409 e. The lowest BCUT2D eigenvalue weighted by molar-refractivity contribution is 0.0684. The Morgan fingerprint density at radius 2 is 2.36 bits per heavy atom. The molecule has 0 spiro atoms. The van der Waals surface area contributed by atoms with Crippen molar-refractivity contribution in [2.75, 3.05) is 19.7 Å². The van der Waals surface area contributed by atoms with Gasteiger partial charge in [-0.15, -0.1) is 0 Å². The maximum Gasteiger partial charge on any atom is 0.409 e. The highest BCUT2D eigenvalue weighted by molar-refractivity contribution is 5.68. The van der Waals surface area contributed by atoms with Crippen LogP contribution in [0.5, 0.6) is 0 Å². The van der Waals surface area contributed by atoms with Crippen LogP contribution in [0.25, 0.3) is 0 Å². The third kappa shape index (κ3) is 2.41. The summed E-state index contributed by atoms with van der Waals surface area (Å²) in [6.45, 7) is 6.47. The van der Waals surface area contributed by atoms with Crippen molar-refractivity contribution >= 4 is 6.09 Å². The van der Waals surface area contributed by atoms with E-state index in [1.165, 1.54) is 0 Å². The molecule has 0 saturated carbocycles. The van der Waals surface area contributed by atoms with Gasteiger partial charge in [0, 0.05) is 13.1 Å². The third-order valence-electron chi connectivity index (χ3n) is 1.64. The zero-order valence-electron chi connectivity index (χ0n) is 7.17. The van der Waals surface area contributed by atoms with E-state index in [-0.39, 0.29) is 6.09 Å². The molecule has 0 bridgehead atoms. The first-order valence-corrected chi connectivity index (χ1v) is 4.12. The van der Waals surface area contributed by atoms with E-state index < -0.39 is 0 Å². The van der Waals surface area contributed by atoms with Crippen molar-refractivity contribution in [2.24, 2.45) is 5.92 Å². The van der Waals surface area contributed by atoms with E-state index in [0.717, 1.165) is 19.5 Å².